The van der Waals surface area contributed by atoms with E-state index in [1.807, 2.05) is 13.8 Å². The summed E-state index contributed by atoms with van der Waals surface area (Å²) in [4.78, 5) is 31.1. The first-order valence-corrected chi connectivity index (χ1v) is 12.1. The van der Waals surface area contributed by atoms with Gasteiger partial charge in [-0.3, -0.25) is 4.57 Å². The minimum absolute atomic E-state index is 0.0411. The van der Waals surface area contributed by atoms with Crippen LogP contribution in [0.1, 0.15) is 63.6 Å². The van der Waals surface area contributed by atoms with Crippen LogP contribution in [0.4, 0.5) is 10.6 Å². The Bertz CT molecular complexity index is 1210. The van der Waals surface area contributed by atoms with Gasteiger partial charge in [-0.05, 0) is 19.8 Å². The number of piperidine rings is 1. The van der Waals surface area contributed by atoms with E-state index in [1.54, 1.807) is 16.4 Å². The van der Waals surface area contributed by atoms with Gasteiger partial charge in [0.1, 0.15) is 18.5 Å². The van der Waals surface area contributed by atoms with Crippen molar-refractivity contribution in [1.29, 1.82) is 0 Å². The highest BCUT2D eigenvalue weighted by molar-refractivity contribution is 5.82. The second-order valence-corrected chi connectivity index (χ2v) is 9.22. The normalized spacial score (nSPS) is 25.1. The van der Waals surface area contributed by atoms with E-state index in [9.17, 15) is 15.0 Å². The monoisotopic (exact) mass is 502 g/mol. The van der Waals surface area contributed by atoms with Crippen molar-refractivity contribution in [2.24, 2.45) is 0 Å². The highest BCUT2D eigenvalue weighted by Crippen LogP contribution is 2.39. The van der Waals surface area contributed by atoms with E-state index in [4.69, 9.17) is 14.0 Å². The Morgan fingerprint density at radius 1 is 1.22 bits per heavy atom. The lowest BCUT2D eigenvalue weighted by Gasteiger charge is -2.31. The molecular formula is C22H30N8O6. The highest BCUT2D eigenvalue weighted by Gasteiger charge is 2.47. The number of aliphatic hydroxyl groups is 2. The molecule has 0 radical (unpaired) electrons. The van der Waals surface area contributed by atoms with Crippen LogP contribution in [0.3, 0.4) is 0 Å². The van der Waals surface area contributed by atoms with Crippen molar-refractivity contribution in [1.82, 2.24) is 34.6 Å². The van der Waals surface area contributed by atoms with Crippen LogP contribution in [0.15, 0.2) is 17.2 Å². The number of hydrogen-bond donors (Lipinski definition) is 3. The van der Waals surface area contributed by atoms with Crippen molar-refractivity contribution < 1.29 is 29.0 Å². The molecule has 36 heavy (non-hydrogen) atoms. The molecule has 0 saturated carbocycles. The zero-order valence-electron chi connectivity index (χ0n) is 20.3. The summed E-state index contributed by atoms with van der Waals surface area (Å²) >= 11 is 0. The van der Waals surface area contributed by atoms with Gasteiger partial charge in [0.15, 0.2) is 35.1 Å². The van der Waals surface area contributed by atoms with E-state index >= 15 is 0 Å². The summed E-state index contributed by atoms with van der Waals surface area (Å²) < 4.78 is 17.9. The molecule has 2 aliphatic rings. The van der Waals surface area contributed by atoms with Gasteiger partial charge in [-0.25, -0.2) is 19.7 Å². The smallest absolute Gasteiger partial charge is 0.409 e. The first-order valence-electron chi connectivity index (χ1n) is 12.1. The molecule has 0 aliphatic carbocycles. The zero-order valence-corrected chi connectivity index (χ0v) is 20.3. The molecule has 5 heterocycles. The molecule has 3 N–H and O–H groups in total. The number of rotatable bonds is 6. The van der Waals surface area contributed by atoms with Crippen molar-refractivity contribution in [3.63, 3.8) is 0 Å². The average Bonchev–Trinajstić information content (AvgIpc) is 3.59. The van der Waals surface area contributed by atoms with Gasteiger partial charge >= 0.3 is 6.09 Å². The number of aliphatic hydroxyl groups excluding tert-OH is 2. The van der Waals surface area contributed by atoms with Gasteiger partial charge in [0, 0.05) is 25.0 Å². The van der Waals surface area contributed by atoms with Crippen LogP contribution in [0.2, 0.25) is 0 Å². The maximum absolute atomic E-state index is 11.9. The lowest BCUT2D eigenvalue weighted by Crippen LogP contribution is -2.42. The van der Waals surface area contributed by atoms with Crippen LogP contribution in [0.5, 0.6) is 0 Å². The molecule has 0 spiro atoms. The Morgan fingerprint density at radius 2 is 2.00 bits per heavy atom. The fourth-order valence-corrected chi connectivity index (χ4v) is 4.45. The predicted molar refractivity (Wildman–Crippen MR) is 124 cm³/mol. The summed E-state index contributed by atoms with van der Waals surface area (Å²) in [6, 6.07) is 0.0890. The molecule has 4 atom stereocenters. The molecule has 0 bridgehead atoms. The third kappa shape index (κ3) is 4.47. The zero-order chi connectivity index (χ0) is 25.4. The minimum Gasteiger partial charge on any atom is -0.450 e. The fourth-order valence-electron chi connectivity index (χ4n) is 4.45. The van der Waals surface area contributed by atoms with E-state index in [1.165, 1.54) is 12.7 Å². The molecule has 14 nitrogen and oxygen atoms in total. The third-order valence-corrected chi connectivity index (χ3v) is 6.45. The number of aromatic nitrogens is 6. The Hall–Kier alpha value is -3.36. The van der Waals surface area contributed by atoms with Crippen molar-refractivity contribution in [3.05, 3.63) is 24.4 Å². The van der Waals surface area contributed by atoms with Crippen LogP contribution < -0.4 is 5.32 Å². The number of anilines is 1. The number of amides is 1. The van der Waals surface area contributed by atoms with Crippen molar-refractivity contribution >= 4 is 23.1 Å². The molecule has 3 aromatic heterocycles. The first kappa shape index (κ1) is 24.3. The number of carbonyl (C=O) groups excluding carboxylic acids is 1. The van der Waals surface area contributed by atoms with Gasteiger partial charge in [-0.1, -0.05) is 19.0 Å². The number of carbonyl (C=O) groups is 1. The molecule has 0 unspecified atom stereocenters. The lowest BCUT2D eigenvalue weighted by atomic mass is 10.1. The second kappa shape index (κ2) is 9.95. The minimum atomic E-state index is -1.28. The average molecular weight is 503 g/mol. The van der Waals surface area contributed by atoms with Crippen LogP contribution in [0, 0.1) is 0 Å². The molecule has 14 heteroatoms. The third-order valence-electron chi connectivity index (χ3n) is 6.45. The number of hydrogen-bond acceptors (Lipinski definition) is 12. The van der Waals surface area contributed by atoms with Gasteiger partial charge in [0.25, 0.3) is 5.89 Å². The number of nitrogens with one attached hydrogen (secondary N) is 1. The Balaban J connectivity index is 1.31. The quantitative estimate of drug-likeness (QED) is 0.442. The van der Waals surface area contributed by atoms with Crippen molar-refractivity contribution in [3.8, 4) is 0 Å². The van der Waals surface area contributed by atoms with E-state index in [0.717, 1.165) is 12.8 Å². The molecule has 2 fully saturated rings. The van der Waals surface area contributed by atoms with Crippen LogP contribution in [-0.2, 0) is 9.47 Å². The predicted octanol–water partition coefficient (Wildman–Crippen LogP) is 1.36. The number of fused-ring (bicyclic) bond motifs is 1. The molecular weight excluding hydrogens is 472 g/mol. The summed E-state index contributed by atoms with van der Waals surface area (Å²) in [5.74, 6) is 1.17. The van der Waals surface area contributed by atoms with Gasteiger partial charge < -0.3 is 34.4 Å². The number of likely N-dealkylation sites (tertiary alicyclic amines) is 1. The SMILES string of the molecule is CCOC(=O)N1CCC(Nc2ncnc3c2ncn3[C@@H]2O[C@H](c3nc(C(C)C)no3)[C@@H](O)[C@H]2O)CC1. The number of imidazole rings is 1. The van der Waals surface area contributed by atoms with Crippen LogP contribution >= 0.6 is 0 Å². The largest absolute Gasteiger partial charge is 0.450 e. The summed E-state index contributed by atoms with van der Waals surface area (Å²) in [6.07, 6.45) is -0.472. The van der Waals surface area contributed by atoms with Gasteiger partial charge in [-0.15, -0.1) is 0 Å². The van der Waals surface area contributed by atoms with E-state index in [2.05, 4.69) is 30.4 Å². The lowest BCUT2D eigenvalue weighted by molar-refractivity contribution is -0.0451. The maximum atomic E-state index is 11.9. The van der Waals surface area contributed by atoms with Crippen molar-refractivity contribution in [2.75, 3.05) is 25.0 Å². The first-order chi connectivity index (χ1) is 17.4. The summed E-state index contributed by atoms with van der Waals surface area (Å²) in [5.41, 5.74) is 0.931. The molecule has 3 aromatic rings. The van der Waals surface area contributed by atoms with Gasteiger partial charge in [0.2, 0.25) is 0 Å². The van der Waals surface area contributed by atoms with Crippen LogP contribution in [-0.4, -0.2) is 88.8 Å². The molecule has 0 aromatic carbocycles. The molecule has 1 amide bonds. The van der Waals surface area contributed by atoms with Crippen molar-refractivity contribution in [2.45, 2.75) is 70.1 Å². The van der Waals surface area contributed by atoms with E-state index in [-0.39, 0.29) is 23.9 Å². The summed E-state index contributed by atoms with van der Waals surface area (Å²) in [6.45, 7) is 7.14. The van der Waals surface area contributed by atoms with Gasteiger partial charge in [-0.2, -0.15) is 4.98 Å². The van der Waals surface area contributed by atoms with E-state index < -0.39 is 24.5 Å². The second-order valence-electron chi connectivity index (χ2n) is 9.22. The number of ether oxygens (including phenoxy) is 2. The van der Waals surface area contributed by atoms with Crippen LogP contribution in [0.25, 0.3) is 11.2 Å². The topological polar surface area (TPSA) is 174 Å². The number of nitrogens with zero attached hydrogens (tertiary/aromatic N) is 7. The summed E-state index contributed by atoms with van der Waals surface area (Å²) in [7, 11) is 0. The molecule has 194 valence electrons. The summed E-state index contributed by atoms with van der Waals surface area (Å²) in [5, 5.41) is 28.7. The highest BCUT2D eigenvalue weighted by atomic mass is 16.6. The Kier molecular flexibility index (Phi) is 6.73. The fraction of sp³-hybridized carbons (Fsp3) is 0.636. The van der Waals surface area contributed by atoms with E-state index in [0.29, 0.717) is 42.5 Å². The maximum Gasteiger partial charge on any atom is 0.409 e. The molecule has 2 saturated heterocycles. The molecule has 5 rings (SSSR count). The standard InChI is InChI=1S/C22H30N8O6/c1-4-34-22(33)29-7-5-12(6-8-29)26-18-13-19(24-9-23-18)30(10-25-13)21-15(32)14(31)16(35-21)20-27-17(11(2)3)28-36-20/h9-12,14-16,21,31-32H,4-8H2,1-3H3,(H,23,24,26)/t14-,15+,16-,21+/m0/s1. The Labute approximate surface area is 206 Å². The van der Waals surface area contributed by atoms with Gasteiger partial charge in [0.05, 0.1) is 12.9 Å². The Morgan fingerprint density at radius 3 is 2.69 bits per heavy atom. The molecule has 2 aliphatic heterocycles.